The predicted octanol–water partition coefficient (Wildman–Crippen LogP) is 3.63. The van der Waals surface area contributed by atoms with Crippen LogP contribution in [0.1, 0.15) is 0 Å². The van der Waals surface area contributed by atoms with E-state index in [4.69, 9.17) is 0 Å². The minimum absolute atomic E-state index is 0.194. The second kappa shape index (κ2) is 4.22. The van der Waals surface area contributed by atoms with Crippen LogP contribution in [0.3, 0.4) is 0 Å². The molecule has 4 heteroatoms. The standard InChI is InChI=1S/C11H6F2IN/c12-10-4-2-1-3-8(10)9-5-7(14)6-15-11(9)13/h1-6H. The van der Waals surface area contributed by atoms with Gasteiger partial charge < -0.3 is 0 Å². The number of benzene rings is 1. The molecular formula is C11H6F2IN. The predicted molar refractivity (Wildman–Crippen MR) is 62.3 cm³/mol. The Labute approximate surface area is 99.3 Å². The lowest BCUT2D eigenvalue weighted by molar-refractivity contribution is 0.582. The van der Waals surface area contributed by atoms with Gasteiger partial charge in [-0.25, -0.2) is 9.37 Å². The Morgan fingerprint density at radius 3 is 2.53 bits per heavy atom. The summed E-state index contributed by atoms with van der Waals surface area (Å²) in [6, 6.07) is 7.64. The summed E-state index contributed by atoms with van der Waals surface area (Å²) in [4.78, 5) is 3.56. The zero-order valence-corrected chi connectivity index (χ0v) is 9.70. The quantitative estimate of drug-likeness (QED) is 0.578. The minimum atomic E-state index is -0.652. The summed E-state index contributed by atoms with van der Waals surface area (Å²) in [5.74, 6) is -1.10. The average Bonchev–Trinajstić information content (AvgIpc) is 2.23. The van der Waals surface area contributed by atoms with Crippen LogP contribution in [-0.2, 0) is 0 Å². The number of hydrogen-bond acceptors (Lipinski definition) is 1. The normalized spacial score (nSPS) is 10.3. The number of pyridine rings is 1. The summed E-state index contributed by atoms with van der Waals surface area (Å²) in [5, 5.41) is 0. The van der Waals surface area contributed by atoms with E-state index in [1.165, 1.54) is 18.3 Å². The fourth-order valence-corrected chi connectivity index (χ4v) is 1.74. The molecule has 0 radical (unpaired) electrons. The molecule has 1 nitrogen and oxygen atoms in total. The third-order valence-electron chi connectivity index (χ3n) is 1.97. The van der Waals surface area contributed by atoms with Crippen molar-refractivity contribution in [1.29, 1.82) is 0 Å². The summed E-state index contributed by atoms with van der Waals surface area (Å²) < 4.78 is 27.5. The monoisotopic (exact) mass is 317 g/mol. The molecular weight excluding hydrogens is 311 g/mol. The van der Waals surface area contributed by atoms with Gasteiger partial charge in [-0.05, 0) is 34.7 Å². The molecule has 2 aromatic rings. The smallest absolute Gasteiger partial charge is 0.220 e. The third kappa shape index (κ3) is 2.14. The van der Waals surface area contributed by atoms with Gasteiger partial charge in [-0.2, -0.15) is 4.39 Å². The maximum absolute atomic E-state index is 13.4. The molecule has 1 heterocycles. The van der Waals surface area contributed by atoms with Crippen molar-refractivity contribution in [2.75, 3.05) is 0 Å². The molecule has 15 heavy (non-hydrogen) atoms. The van der Waals surface area contributed by atoms with Gasteiger partial charge in [0.15, 0.2) is 0 Å². The Hall–Kier alpha value is -1.04. The number of hydrogen-bond donors (Lipinski definition) is 0. The van der Waals surface area contributed by atoms with Crippen molar-refractivity contribution >= 4 is 22.6 Å². The summed E-state index contributed by atoms with van der Waals surface area (Å²) in [6.07, 6.45) is 1.40. The lowest BCUT2D eigenvalue weighted by Gasteiger charge is -2.04. The topological polar surface area (TPSA) is 12.9 Å². The van der Waals surface area contributed by atoms with Crippen LogP contribution in [0.15, 0.2) is 36.5 Å². The number of nitrogens with zero attached hydrogens (tertiary/aromatic N) is 1. The highest BCUT2D eigenvalue weighted by molar-refractivity contribution is 14.1. The van der Waals surface area contributed by atoms with Gasteiger partial charge in [-0.15, -0.1) is 0 Å². The molecule has 1 aromatic carbocycles. The fourth-order valence-electron chi connectivity index (χ4n) is 1.29. The van der Waals surface area contributed by atoms with Gasteiger partial charge in [0.2, 0.25) is 5.95 Å². The first-order valence-corrected chi connectivity index (χ1v) is 5.32. The summed E-state index contributed by atoms with van der Waals surface area (Å²) in [6.45, 7) is 0. The average molecular weight is 317 g/mol. The van der Waals surface area contributed by atoms with Crippen LogP contribution in [0.5, 0.6) is 0 Å². The lowest BCUT2D eigenvalue weighted by atomic mass is 10.1. The second-order valence-electron chi connectivity index (χ2n) is 2.97. The molecule has 0 saturated heterocycles. The first-order valence-electron chi connectivity index (χ1n) is 4.24. The zero-order chi connectivity index (χ0) is 10.8. The molecule has 0 bridgehead atoms. The molecule has 1 aromatic heterocycles. The van der Waals surface area contributed by atoms with Crippen molar-refractivity contribution in [3.05, 3.63) is 51.9 Å². The van der Waals surface area contributed by atoms with E-state index in [1.807, 2.05) is 22.6 Å². The zero-order valence-electron chi connectivity index (χ0n) is 7.55. The molecule has 0 fully saturated rings. The van der Waals surface area contributed by atoms with E-state index in [0.29, 0.717) is 0 Å². The van der Waals surface area contributed by atoms with E-state index in [1.54, 1.807) is 18.2 Å². The molecule has 76 valence electrons. The molecule has 0 aliphatic carbocycles. The molecule has 0 aliphatic heterocycles. The highest BCUT2D eigenvalue weighted by Crippen LogP contribution is 2.25. The summed E-state index contributed by atoms with van der Waals surface area (Å²) in [7, 11) is 0. The van der Waals surface area contributed by atoms with E-state index in [-0.39, 0.29) is 11.1 Å². The van der Waals surface area contributed by atoms with E-state index < -0.39 is 11.8 Å². The third-order valence-corrected chi connectivity index (χ3v) is 2.56. The highest BCUT2D eigenvalue weighted by atomic mass is 127. The molecule has 0 atom stereocenters. The highest BCUT2D eigenvalue weighted by Gasteiger charge is 2.10. The van der Waals surface area contributed by atoms with E-state index in [2.05, 4.69) is 4.98 Å². The Balaban J connectivity index is 2.64. The van der Waals surface area contributed by atoms with Crippen LogP contribution in [-0.4, -0.2) is 4.98 Å². The van der Waals surface area contributed by atoms with Crippen molar-refractivity contribution < 1.29 is 8.78 Å². The number of halogens is 3. The summed E-state index contributed by atoms with van der Waals surface area (Å²) >= 11 is 2.01. The molecule has 0 spiro atoms. The molecule has 2 rings (SSSR count). The first-order chi connectivity index (χ1) is 7.18. The molecule has 0 saturated carbocycles. The van der Waals surface area contributed by atoms with Crippen LogP contribution in [0, 0.1) is 15.3 Å². The second-order valence-corrected chi connectivity index (χ2v) is 4.22. The largest absolute Gasteiger partial charge is 0.227 e. The van der Waals surface area contributed by atoms with Gasteiger partial charge in [0, 0.05) is 20.9 Å². The fraction of sp³-hybridized carbons (Fsp3) is 0. The van der Waals surface area contributed by atoms with Crippen LogP contribution in [0.25, 0.3) is 11.1 Å². The SMILES string of the molecule is Fc1ccccc1-c1cc(I)cnc1F. The summed E-state index contributed by atoms with van der Waals surface area (Å²) in [5.41, 5.74) is 0.431. The van der Waals surface area contributed by atoms with Crippen LogP contribution < -0.4 is 0 Å². The number of aromatic nitrogens is 1. The molecule has 0 unspecified atom stereocenters. The van der Waals surface area contributed by atoms with E-state index in [0.717, 1.165) is 3.57 Å². The Kier molecular flexibility index (Phi) is 2.95. The Morgan fingerprint density at radius 1 is 1.07 bits per heavy atom. The van der Waals surface area contributed by atoms with E-state index >= 15 is 0 Å². The number of rotatable bonds is 1. The van der Waals surface area contributed by atoms with E-state index in [9.17, 15) is 8.78 Å². The van der Waals surface area contributed by atoms with Crippen molar-refractivity contribution in [1.82, 2.24) is 4.98 Å². The minimum Gasteiger partial charge on any atom is -0.227 e. The first kappa shape index (κ1) is 10.5. The van der Waals surface area contributed by atoms with Gasteiger partial charge in [0.1, 0.15) is 5.82 Å². The van der Waals surface area contributed by atoms with Gasteiger partial charge in [0.25, 0.3) is 0 Å². The van der Waals surface area contributed by atoms with Crippen molar-refractivity contribution in [2.45, 2.75) is 0 Å². The molecule has 0 aliphatic rings. The maximum Gasteiger partial charge on any atom is 0.220 e. The van der Waals surface area contributed by atoms with Crippen LogP contribution in [0.2, 0.25) is 0 Å². The Morgan fingerprint density at radius 2 is 1.80 bits per heavy atom. The van der Waals surface area contributed by atoms with Crippen molar-refractivity contribution in [3.63, 3.8) is 0 Å². The van der Waals surface area contributed by atoms with Crippen molar-refractivity contribution in [2.24, 2.45) is 0 Å². The van der Waals surface area contributed by atoms with Gasteiger partial charge in [0.05, 0.1) is 0 Å². The molecule has 0 N–H and O–H groups in total. The van der Waals surface area contributed by atoms with Gasteiger partial charge in [-0.3, -0.25) is 0 Å². The van der Waals surface area contributed by atoms with Crippen LogP contribution >= 0.6 is 22.6 Å². The van der Waals surface area contributed by atoms with Crippen LogP contribution in [0.4, 0.5) is 8.78 Å². The molecule has 0 amide bonds. The van der Waals surface area contributed by atoms with Gasteiger partial charge in [-0.1, -0.05) is 18.2 Å². The Bertz CT molecular complexity index is 500. The van der Waals surface area contributed by atoms with Crippen molar-refractivity contribution in [3.8, 4) is 11.1 Å². The lowest BCUT2D eigenvalue weighted by Crippen LogP contribution is -1.92. The van der Waals surface area contributed by atoms with Gasteiger partial charge >= 0.3 is 0 Å². The maximum atomic E-state index is 13.4.